The molecule has 4 aromatic rings. The molecule has 2 N–H and O–H groups in total. The third kappa shape index (κ3) is 3.77. The predicted molar refractivity (Wildman–Crippen MR) is 123 cm³/mol. The molecule has 0 saturated carbocycles. The summed E-state index contributed by atoms with van der Waals surface area (Å²) < 4.78 is 20.1. The number of para-hydroxylation sites is 1. The molecule has 0 unspecified atom stereocenters. The average Bonchev–Trinajstić information content (AvgIpc) is 3.24. The van der Waals surface area contributed by atoms with Gasteiger partial charge in [-0.2, -0.15) is 4.52 Å². The van der Waals surface area contributed by atoms with Crippen molar-refractivity contribution in [2.45, 2.75) is 19.4 Å². The number of methoxy groups -OCH3 is 1. The molecule has 170 valence electrons. The summed E-state index contributed by atoms with van der Waals surface area (Å²) >= 11 is 0. The molecule has 2 aromatic carbocycles. The zero-order valence-electron chi connectivity index (χ0n) is 18.4. The number of nitrogens with zero attached hydrogens (tertiary/aromatic N) is 6. The van der Waals surface area contributed by atoms with Crippen LogP contribution in [0.2, 0.25) is 0 Å². The summed E-state index contributed by atoms with van der Waals surface area (Å²) in [6.07, 6.45) is 0.0630. The molecular weight excluding hydrogens is 425 g/mol. The molecule has 0 radical (unpaired) electrons. The van der Waals surface area contributed by atoms with Crippen molar-refractivity contribution in [3.8, 4) is 5.75 Å². The lowest BCUT2D eigenvalue weighted by Gasteiger charge is -2.41. The number of benzene rings is 2. The molecule has 1 fully saturated rings. The second kappa shape index (κ2) is 8.19. The van der Waals surface area contributed by atoms with Crippen LogP contribution in [0.4, 0.5) is 16.0 Å². The first-order chi connectivity index (χ1) is 15.9. The zero-order chi connectivity index (χ0) is 23.1. The Morgan fingerprint density at radius 3 is 2.70 bits per heavy atom. The van der Waals surface area contributed by atoms with Gasteiger partial charge < -0.3 is 20.3 Å². The number of aromatic nitrogens is 4. The summed E-state index contributed by atoms with van der Waals surface area (Å²) in [5.74, 6) is 0.842. The highest BCUT2D eigenvalue weighted by Gasteiger charge is 2.28. The van der Waals surface area contributed by atoms with Gasteiger partial charge in [0.15, 0.2) is 11.5 Å². The van der Waals surface area contributed by atoms with E-state index in [1.165, 1.54) is 16.6 Å². The molecule has 1 atom stereocenters. The number of anilines is 2. The Hall–Kier alpha value is -3.95. The Morgan fingerprint density at radius 1 is 1.18 bits per heavy atom. The number of nitrogen functional groups attached to an aromatic ring is 1. The zero-order valence-corrected chi connectivity index (χ0v) is 18.4. The summed E-state index contributed by atoms with van der Waals surface area (Å²) in [6, 6.07) is 11.9. The van der Waals surface area contributed by atoms with Crippen molar-refractivity contribution in [2.24, 2.45) is 0 Å². The molecule has 0 bridgehead atoms. The van der Waals surface area contributed by atoms with Crippen LogP contribution in [-0.4, -0.2) is 63.2 Å². The van der Waals surface area contributed by atoms with Gasteiger partial charge in [0.1, 0.15) is 17.1 Å². The second-order valence-electron chi connectivity index (χ2n) is 8.13. The molecule has 1 saturated heterocycles. The summed E-state index contributed by atoms with van der Waals surface area (Å²) in [7, 11) is 1.57. The van der Waals surface area contributed by atoms with Gasteiger partial charge in [0, 0.05) is 36.7 Å². The van der Waals surface area contributed by atoms with Crippen LogP contribution >= 0.6 is 0 Å². The van der Waals surface area contributed by atoms with E-state index in [1.54, 1.807) is 25.3 Å². The van der Waals surface area contributed by atoms with Crippen molar-refractivity contribution in [1.29, 1.82) is 0 Å². The number of rotatable bonds is 4. The van der Waals surface area contributed by atoms with E-state index in [0.29, 0.717) is 42.4 Å². The number of ether oxygens (including phenoxy) is 1. The van der Waals surface area contributed by atoms with Gasteiger partial charge in [-0.05, 0) is 43.3 Å². The number of fused-ring (bicyclic) bond motifs is 3. The first kappa shape index (κ1) is 20.9. The van der Waals surface area contributed by atoms with Crippen LogP contribution in [0.3, 0.4) is 0 Å². The highest BCUT2D eigenvalue weighted by atomic mass is 19.1. The third-order valence-corrected chi connectivity index (χ3v) is 6.00. The van der Waals surface area contributed by atoms with Crippen LogP contribution < -0.4 is 15.4 Å². The van der Waals surface area contributed by atoms with Gasteiger partial charge >= 0.3 is 0 Å². The molecule has 9 nitrogen and oxygen atoms in total. The van der Waals surface area contributed by atoms with Crippen molar-refractivity contribution in [3.63, 3.8) is 0 Å². The number of piperazine rings is 1. The summed E-state index contributed by atoms with van der Waals surface area (Å²) in [4.78, 5) is 26.1. The number of hydrogen-bond donors (Lipinski definition) is 1. The standard InChI is InChI=1S/C23H24FN7O2/c1-14-13-29(16-8-6-15(24)7-9-16)10-11-30(14)20(32)12-19-26-22-17-4-3-5-18(33-2)21(17)27-23(25)31(22)28-19/h3-9,14H,10-13H2,1-2H3,(H2,25,27)/t14-/m1/s1. The molecule has 0 aliphatic carbocycles. The van der Waals surface area contributed by atoms with Crippen molar-refractivity contribution in [1.82, 2.24) is 24.5 Å². The van der Waals surface area contributed by atoms with E-state index < -0.39 is 0 Å². The summed E-state index contributed by atoms with van der Waals surface area (Å²) in [6.45, 7) is 3.90. The topological polar surface area (TPSA) is 102 Å². The summed E-state index contributed by atoms with van der Waals surface area (Å²) in [5, 5.41) is 5.18. The van der Waals surface area contributed by atoms with E-state index in [1.807, 2.05) is 24.0 Å². The molecule has 0 spiro atoms. The number of carbonyl (C=O) groups excluding carboxylic acids is 1. The Bertz CT molecular complexity index is 1340. The summed E-state index contributed by atoms with van der Waals surface area (Å²) in [5.41, 5.74) is 8.18. The number of amides is 1. The lowest BCUT2D eigenvalue weighted by atomic mass is 10.1. The smallest absolute Gasteiger partial charge is 0.230 e. The minimum Gasteiger partial charge on any atom is -0.494 e. The van der Waals surface area contributed by atoms with E-state index >= 15 is 0 Å². The van der Waals surface area contributed by atoms with Gasteiger partial charge in [0.25, 0.3) is 0 Å². The molecule has 5 rings (SSSR count). The fourth-order valence-corrected chi connectivity index (χ4v) is 4.36. The maximum Gasteiger partial charge on any atom is 0.230 e. The molecule has 1 amide bonds. The number of halogens is 1. The van der Waals surface area contributed by atoms with Gasteiger partial charge in [0.05, 0.1) is 13.5 Å². The first-order valence-corrected chi connectivity index (χ1v) is 10.7. The van der Waals surface area contributed by atoms with Crippen molar-refractivity contribution < 1.29 is 13.9 Å². The molecule has 33 heavy (non-hydrogen) atoms. The van der Waals surface area contributed by atoms with Gasteiger partial charge in [-0.25, -0.2) is 14.4 Å². The Kier molecular flexibility index (Phi) is 5.20. The van der Waals surface area contributed by atoms with Gasteiger partial charge in [-0.3, -0.25) is 4.79 Å². The lowest BCUT2D eigenvalue weighted by Crippen LogP contribution is -2.54. The van der Waals surface area contributed by atoms with Crippen LogP contribution in [0.5, 0.6) is 5.75 Å². The lowest BCUT2D eigenvalue weighted by molar-refractivity contribution is -0.132. The van der Waals surface area contributed by atoms with Crippen molar-refractivity contribution in [3.05, 3.63) is 54.1 Å². The van der Waals surface area contributed by atoms with Gasteiger partial charge in [0.2, 0.25) is 11.9 Å². The van der Waals surface area contributed by atoms with E-state index in [4.69, 9.17) is 10.5 Å². The number of nitrogens with two attached hydrogens (primary N) is 1. The van der Waals surface area contributed by atoms with E-state index in [-0.39, 0.29) is 30.1 Å². The van der Waals surface area contributed by atoms with Gasteiger partial charge in [-0.1, -0.05) is 6.07 Å². The Morgan fingerprint density at radius 2 is 1.97 bits per heavy atom. The van der Waals surface area contributed by atoms with E-state index in [9.17, 15) is 9.18 Å². The van der Waals surface area contributed by atoms with Gasteiger partial charge in [-0.15, -0.1) is 5.10 Å². The average molecular weight is 449 g/mol. The Balaban J connectivity index is 1.35. The molecule has 3 heterocycles. The van der Waals surface area contributed by atoms with Crippen LogP contribution in [-0.2, 0) is 11.2 Å². The predicted octanol–water partition coefficient (Wildman–Crippen LogP) is 2.29. The molecule has 10 heteroatoms. The molecular formula is C23H24FN7O2. The monoisotopic (exact) mass is 449 g/mol. The third-order valence-electron chi connectivity index (χ3n) is 6.00. The quantitative estimate of drug-likeness (QED) is 0.510. The maximum atomic E-state index is 13.2. The molecule has 1 aliphatic rings. The highest BCUT2D eigenvalue weighted by Crippen LogP contribution is 2.27. The largest absolute Gasteiger partial charge is 0.494 e. The van der Waals surface area contributed by atoms with Crippen LogP contribution in [0.1, 0.15) is 12.7 Å². The second-order valence-corrected chi connectivity index (χ2v) is 8.13. The minimum atomic E-state index is -0.261. The molecule has 1 aliphatic heterocycles. The highest BCUT2D eigenvalue weighted by molar-refractivity contribution is 5.96. The maximum absolute atomic E-state index is 13.2. The SMILES string of the molecule is COc1cccc2c1nc(N)n1nc(CC(=O)N3CCN(c4ccc(F)cc4)C[C@H]3C)nc21. The number of carbonyl (C=O) groups is 1. The van der Waals surface area contributed by atoms with Crippen molar-refractivity contribution >= 4 is 34.1 Å². The van der Waals surface area contributed by atoms with Crippen LogP contribution in [0.15, 0.2) is 42.5 Å². The molecule has 2 aromatic heterocycles. The number of hydrogen-bond acceptors (Lipinski definition) is 7. The first-order valence-electron chi connectivity index (χ1n) is 10.7. The normalized spacial score (nSPS) is 16.5. The fourth-order valence-electron chi connectivity index (χ4n) is 4.36. The fraction of sp³-hybridized carbons (Fsp3) is 0.304. The van der Waals surface area contributed by atoms with E-state index in [0.717, 1.165) is 11.1 Å². The Labute approximate surface area is 189 Å². The minimum absolute atomic E-state index is 0.00911. The van der Waals surface area contributed by atoms with Crippen LogP contribution in [0, 0.1) is 5.82 Å². The van der Waals surface area contributed by atoms with E-state index in [2.05, 4.69) is 20.0 Å². The van der Waals surface area contributed by atoms with Crippen molar-refractivity contribution in [2.75, 3.05) is 37.4 Å². The van der Waals surface area contributed by atoms with Crippen LogP contribution in [0.25, 0.3) is 16.6 Å².